The molecule has 8 rings (SSSR count). The number of nitrogens with one attached hydrogen (secondary N) is 1. The van der Waals surface area contributed by atoms with E-state index in [9.17, 15) is 18.0 Å². The van der Waals surface area contributed by atoms with Gasteiger partial charge in [0.25, 0.3) is 0 Å². The van der Waals surface area contributed by atoms with Gasteiger partial charge in [-0.05, 0) is 95.8 Å². The van der Waals surface area contributed by atoms with Crippen LogP contribution in [-0.4, -0.2) is 90.4 Å². The first-order valence-corrected chi connectivity index (χ1v) is 23.9. The van der Waals surface area contributed by atoms with Gasteiger partial charge in [0.15, 0.2) is 17.3 Å². The Labute approximate surface area is 409 Å². The van der Waals surface area contributed by atoms with E-state index in [1.54, 1.807) is 31.4 Å². The van der Waals surface area contributed by atoms with Gasteiger partial charge >= 0.3 is 6.36 Å². The molecule has 0 saturated carbocycles. The molecule has 2 aliphatic rings. The molecule has 2 fully saturated rings. The molecule has 0 amide bonds. The van der Waals surface area contributed by atoms with Gasteiger partial charge in [-0.15, -0.1) is 13.2 Å². The van der Waals surface area contributed by atoms with E-state index in [0.717, 1.165) is 90.0 Å². The summed E-state index contributed by atoms with van der Waals surface area (Å²) in [5, 5.41) is 6.75. The van der Waals surface area contributed by atoms with Crippen molar-refractivity contribution in [2.75, 3.05) is 52.9 Å². The third-order valence-corrected chi connectivity index (χ3v) is 13.8. The minimum Gasteiger partial charge on any atom is -0.493 e. The van der Waals surface area contributed by atoms with Crippen LogP contribution in [0.15, 0.2) is 103 Å². The fourth-order valence-corrected chi connectivity index (χ4v) is 9.71. The van der Waals surface area contributed by atoms with E-state index in [1.807, 2.05) is 42.5 Å². The fourth-order valence-electron chi connectivity index (χ4n) is 8.87. The van der Waals surface area contributed by atoms with Crippen LogP contribution in [0.25, 0.3) is 22.0 Å². The van der Waals surface area contributed by atoms with Crippen LogP contribution in [0.4, 0.5) is 13.2 Å². The Morgan fingerprint density at radius 2 is 1.40 bits per heavy atom. The van der Waals surface area contributed by atoms with Gasteiger partial charge in [0.05, 0.1) is 23.2 Å². The molecule has 1 atom stereocenters. The molecule has 1 unspecified atom stereocenters. The zero-order chi connectivity index (χ0) is 47.1. The monoisotopic (exact) mass is 995 g/mol. The normalized spacial score (nSPS) is 16.4. The van der Waals surface area contributed by atoms with Gasteiger partial charge in [-0.2, -0.15) is 0 Å². The van der Waals surface area contributed by atoms with E-state index < -0.39 is 6.36 Å². The maximum atomic E-state index is 13.6. The first kappa shape index (κ1) is 48.9. The first-order valence-electron chi connectivity index (χ1n) is 22.4. The lowest BCUT2D eigenvalue weighted by Gasteiger charge is -2.35. The number of ether oxygens (including phenoxy) is 3. The highest BCUT2D eigenvalue weighted by Crippen LogP contribution is 2.35. The fraction of sp³-hybridized carbons (Fsp3) is 0.353. The number of fused-ring (bicyclic) bond motifs is 1. The van der Waals surface area contributed by atoms with Crippen LogP contribution in [-0.2, 0) is 37.6 Å². The summed E-state index contributed by atoms with van der Waals surface area (Å²) in [6.07, 6.45) is -0.790. The van der Waals surface area contributed by atoms with Crippen LogP contribution in [0.2, 0.25) is 20.1 Å². The molecule has 3 heterocycles. The molecule has 6 aromatic rings. The number of unbranched alkanes of at least 4 members (excludes halogenated alkanes) is 1. The number of halogens is 7. The summed E-state index contributed by atoms with van der Waals surface area (Å²) in [7, 11) is 1.61. The molecule has 5 aromatic carbocycles. The number of rotatable bonds is 18. The molecule has 1 N–H and O–H groups in total. The zero-order valence-corrected chi connectivity index (χ0v) is 40.1. The number of methoxy groups -OCH3 is 1. The molecule has 67 heavy (non-hydrogen) atoms. The van der Waals surface area contributed by atoms with Crippen molar-refractivity contribution >= 4 is 63.1 Å². The third-order valence-electron chi connectivity index (χ3n) is 12.4. The highest BCUT2D eigenvalue weighted by Gasteiger charge is 2.31. The van der Waals surface area contributed by atoms with Crippen LogP contribution in [0.5, 0.6) is 17.2 Å². The van der Waals surface area contributed by atoms with Crippen molar-refractivity contribution in [3.63, 3.8) is 0 Å². The molecule has 0 radical (unpaired) electrons. The number of alkyl halides is 3. The Kier molecular flexibility index (Phi) is 16.3. The van der Waals surface area contributed by atoms with Crippen molar-refractivity contribution in [2.45, 2.75) is 64.5 Å². The topological polar surface area (TPSA) is 71.4 Å². The highest BCUT2D eigenvalue weighted by atomic mass is 35.5. The van der Waals surface area contributed by atoms with Crippen molar-refractivity contribution in [2.24, 2.45) is 0 Å². The summed E-state index contributed by atoms with van der Waals surface area (Å²) >= 11 is 25.2. The van der Waals surface area contributed by atoms with Crippen LogP contribution in [0.1, 0.15) is 41.5 Å². The largest absolute Gasteiger partial charge is 0.573 e. The number of hydrogen-bond acceptors (Lipinski definition) is 8. The standard InChI is InChI=1S/C51H52Cl4F3N5O4/c1-65-49-17-10-35(27-50(49)66-33-36-8-15-44(54)45(55)26-36)29-62-20-18-59-46(32-62)48(64)7-2-3-19-63-31-40(37-11-13-38(14-12-37)67-51(56,57)58)39-25-34(9-16-47(39)63)28-60-21-23-61(24-22-60)30-41-42(52)5-4-6-43(41)53/h4-6,8-17,25-27,31,46,59H,2-3,7,18-24,28-30,32-33H2,1H3. The Hall–Kier alpha value is -4.50. The maximum Gasteiger partial charge on any atom is 0.573 e. The van der Waals surface area contributed by atoms with Crippen LogP contribution < -0.4 is 19.5 Å². The molecule has 0 bridgehead atoms. The number of carbonyl (C=O) groups excluding carboxylic acids is 1. The first-order chi connectivity index (χ1) is 32.3. The highest BCUT2D eigenvalue weighted by molar-refractivity contribution is 6.42. The van der Waals surface area contributed by atoms with Crippen molar-refractivity contribution < 1.29 is 32.2 Å². The van der Waals surface area contributed by atoms with Gasteiger partial charge in [-0.25, -0.2) is 0 Å². The Morgan fingerprint density at radius 3 is 2.12 bits per heavy atom. The molecular formula is C51H52Cl4F3N5O4. The summed E-state index contributed by atoms with van der Waals surface area (Å²) < 4.78 is 57.1. The van der Waals surface area contributed by atoms with E-state index in [2.05, 4.69) is 53.7 Å². The number of hydrogen-bond donors (Lipinski definition) is 1. The third kappa shape index (κ3) is 13.0. The number of aryl methyl sites for hydroxylation is 1. The van der Waals surface area contributed by atoms with Crippen molar-refractivity contribution in [1.29, 1.82) is 0 Å². The van der Waals surface area contributed by atoms with E-state index in [0.29, 0.717) is 83.8 Å². The molecule has 16 heteroatoms. The minimum atomic E-state index is -4.78. The SMILES string of the molecule is COc1ccc(CN2CCNC(C(=O)CCCCn3cc(-c4ccc(OC(F)(F)F)cc4)c4cc(CN5CCN(Cc6c(Cl)cccc6Cl)CC5)ccc43)C2)cc1OCc1ccc(Cl)c(Cl)c1. The average molecular weight is 998 g/mol. The summed E-state index contributed by atoms with van der Waals surface area (Å²) in [5.41, 5.74) is 6.74. The lowest BCUT2D eigenvalue weighted by atomic mass is 10.0. The summed E-state index contributed by atoms with van der Waals surface area (Å²) in [6.45, 7) is 8.67. The lowest BCUT2D eigenvalue weighted by Crippen LogP contribution is -2.53. The van der Waals surface area contributed by atoms with Crippen LogP contribution >= 0.6 is 46.4 Å². The van der Waals surface area contributed by atoms with Gasteiger partial charge in [0.2, 0.25) is 0 Å². The second-order valence-electron chi connectivity index (χ2n) is 17.1. The minimum absolute atomic E-state index is 0.183. The summed E-state index contributed by atoms with van der Waals surface area (Å²) in [5.74, 6) is 1.15. The smallest absolute Gasteiger partial charge is 0.493 e. The van der Waals surface area contributed by atoms with Gasteiger partial charge in [-0.3, -0.25) is 19.5 Å². The van der Waals surface area contributed by atoms with Crippen molar-refractivity contribution in [3.8, 4) is 28.4 Å². The Morgan fingerprint density at radius 1 is 0.716 bits per heavy atom. The van der Waals surface area contributed by atoms with Crippen molar-refractivity contribution in [1.82, 2.24) is 24.6 Å². The zero-order valence-electron chi connectivity index (χ0n) is 37.1. The molecule has 9 nitrogen and oxygen atoms in total. The number of carbonyl (C=O) groups is 1. The quantitative estimate of drug-likeness (QED) is 0.0854. The van der Waals surface area contributed by atoms with E-state index in [4.69, 9.17) is 55.9 Å². The van der Waals surface area contributed by atoms with Gasteiger partial charge in [-0.1, -0.05) is 82.8 Å². The number of Topliss-reactive ketones (excluding diaryl/α,β-unsaturated/α-hetero) is 1. The second-order valence-corrected chi connectivity index (χ2v) is 18.7. The van der Waals surface area contributed by atoms with Crippen LogP contribution in [0, 0.1) is 0 Å². The Bertz CT molecular complexity index is 2640. The molecule has 2 saturated heterocycles. The molecular weight excluding hydrogens is 945 g/mol. The number of ketones is 1. The number of aromatic nitrogens is 1. The second kappa shape index (κ2) is 22.3. The lowest BCUT2D eigenvalue weighted by molar-refractivity contribution is -0.274. The van der Waals surface area contributed by atoms with Gasteiger partial charge in [0.1, 0.15) is 12.4 Å². The van der Waals surface area contributed by atoms with Crippen molar-refractivity contribution in [3.05, 3.63) is 146 Å². The van der Waals surface area contributed by atoms with E-state index in [1.165, 1.54) is 12.1 Å². The molecule has 354 valence electrons. The summed E-state index contributed by atoms with van der Waals surface area (Å²) in [4.78, 5) is 20.7. The number of benzene rings is 5. The predicted molar refractivity (Wildman–Crippen MR) is 261 cm³/mol. The van der Waals surface area contributed by atoms with Crippen LogP contribution in [0.3, 0.4) is 0 Å². The molecule has 1 aromatic heterocycles. The molecule has 0 aliphatic carbocycles. The molecule has 0 spiro atoms. The predicted octanol–water partition coefficient (Wildman–Crippen LogP) is 11.9. The number of piperazine rings is 2. The van der Waals surface area contributed by atoms with Gasteiger partial charge < -0.3 is 24.1 Å². The maximum absolute atomic E-state index is 13.6. The number of nitrogens with zero attached hydrogens (tertiary/aromatic N) is 4. The summed E-state index contributed by atoms with van der Waals surface area (Å²) in [6, 6.07) is 29.1. The van der Waals surface area contributed by atoms with E-state index >= 15 is 0 Å². The van der Waals surface area contributed by atoms with E-state index in [-0.39, 0.29) is 17.6 Å². The molecule has 2 aliphatic heterocycles. The van der Waals surface area contributed by atoms with Gasteiger partial charge in [0, 0.05) is 117 Å². The average Bonchev–Trinajstić information content (AvgIpc) is 3.67. The Balaban J connectivity index is 0.878.